The molecule has 5 heteroatoms. The topological polar surface area (TPSA) is 61.7 Å². The smallest absolute Gasteiger partial charge is 0.337 e. The van der Waals surface area contributed by atoms with Crippen LogP contribution in [-0.4, -0.2) is 17.3 Å². The van der Waals surface area contributed by atoms with Crippen molar-refractivity contribution in [3.63, 3.8) is 0 Å². The van der Waals surface area contributed by atoms with Crippen molar-refractivity contribution >= 4 is 17.9 Å². The van der Waals surface area contributed by atoms with Gasteiger partial charge in [0, 0.05) is 0 Å². The van der Waals surface area contributed by atoms with Crippen molar-refractivity contribution in [3.8, 4) is 0 Å². The first kappa shape index (κ1) is 12.8. The average molecular weight is 258 g/mol. The van der Waals surface area contributed by atoms with Crippen molar-refractivity contribution in [2.45, 2.75) is 0 Å². The number of anilines is 1. The lowest BCUT2D eigenvalue weighted by Gasteiger charge is -2.03. The zero-order valence-electron chi connectivity index (χ0n) is 9.88. The molecular weight excluding hydrogens is 247 g/mol. The average Bonchev–Trinajstić information content (AvgIpc) is 2.41. The van der Waals surface area contributed by atoms with Crippen molar-refractivity contribution < 1.29 is 14.3 Å². The Balaban J connectivity index is 2.10. The van der Waals surface area contributed by atoms with E-state index in [0.717, 1.165) is 0 Å². The van der Waals surface area contributed by atoms with Gasteiger partial charge in [0.05, 0.1) is 17.5 Å². The highest BCUT2D eigenvalue weighted by molar-refractivity contribution is 5.94. The second kappa shape index (κ2) is 5.77. The summed E-state index contributed by atoms with van der Waals surface area (Å²) in [6.07, 6.45) is 1.48. The minimum atomic E-state index is -1.03. The molecule has 0 spiro atoms. The first-order valence-corrected chi connectivity index (χ1v) is 5.54. The number of benzene rings is 2. The Morgan fingerprint density at radius 2 is 1.84 bits per heavy atom. The Labute approximate surface area is 109 Å². The predicted octanol–water partition coefficient (Wildman–Crippen LogP) is 2.97. The van der Waals surface area contributed by atoms with Gasteiger partial charge in [-0.3, -0.25) is 5.43 Å². The number of hydrogen-bond acceptors (Lipinski definition) is 3. The summed E-state index contributed by atoms with van der Waals surface area (Å²) in [6, 6.07) is 12.2. The van der Waals surface area contributed by atoms with E-state index < -0.39 is 5.97 Å². The lowest BCUT2D eigenvalue weighted by atomic mass is 10.2. The number of para-hydroxylation sites is 1. The van der Waals surface area contributed by atoms with Crippen molar-refractivity contribution in [3.05, 3.63) is 65.5 Å². The third-order valence-corrected chi connectivity index (χ3v) is 2.43. The van der Waals surface area contributed by atoms with Gasteiger partial charge in [0.15, 0.2) is 0 Å². The van der Waals surface area contributed by atoms with E-state index in [1.807, 2.05) is 0 Å². The highest BCUT2D eigenvalue weighted by atomic mass is 19.1. The molecular formula is C14H11FN2O2. The number of rotatable bonds is 4. The predicted molar refractivity (Wildman–Crippen MR) is 71.0 cm³/mol. The van der Waals surface area contributed by atoms with E-state index in [1.165, 1.54) is 24.4 Å². The molecule has 0 unspecified atom stereocenters. The highest BCUT2D eigenvalue weighted by Crippen LogP contribution is 2.14. The molecule has 0 radical (unpaired) electrons. The Morgan fingerprint density at radius 3 is 2.53 bits per heavy atom. The quantitative estimate of drug-likeness (QED) is 0.654. The first-order valence-electron chi connectivity index (χ1n) is 5.54. The molecule has 0 bridgehead atoms. The zero-order chi connectivity index (χ0) is 13.7. The number of carboxylic acid groups (broad SMARTS) is 1. The molecule has 0 saturated carbocycles. The van der Waals surface area contributed by atoms with E-state index in [1.54, 1.807) is 30.3 Å². The second-order valence-electron chi connectivity index (χ2n) is 3.77. The number of carbonyl (C=O) groups is 1. The normalized spacial score (nSPS) is 10.6. The number of halogens is 1. The molecule has 0 heterocycles. The first-order chi connectivity index (χ1) is 9.16. The maximum atomic E-state index is 12.7. The maximum Gasteiger partial charge on any atom is 0.337 e. The number of hydrogen-bond donors (Lipinski definition) is 2. The van der Waals surface area contributed by atoms with Gasteiger partial charge < -0.3 is 5.11 Å². The second-order valence-corrected chi connectivity index (χ2v) is 3.77. The van der Waals surface area contributed by atoms with Crippen LogP contribution >= 0.6 is 0 Å². The fraction of sp³-hybridized carbons (Fsp3) is 0. The molecule has 0 atom stereocenters. The Bertz CT molecular complexity index is 609. The van der Waals surface area contributed by atoms with Gasteiger partial charge in [-0.2, -0.15) is 5.10 Å². The zero-order valence-corrected chi connectivity index (χ0v) is 9.88. The number of nitrogens with zero attached hydrogens (tertiary/aromatic N) is 1. The molecule has 2 aromatic rings. The van der Waals surface area contributed by atoms with Crippen LogP contribution in [0.2, 0.25) is 0 Å². The van der Waals surface area contributed by atoms with E-state index in [9.17, 15) is 9.18 Å². The minimum absolute atomic E-state index is 0.138. The lowest BCUT2D eigenvalue weighted by molar-refractivity contribution is 0.0698. The van der Waals surface area contributed by atoms with Crippen LogP contribution in [0.25, 0.3) is 0 Å². The molecule has 0 aliphatic heterocycles. The van der Waals surface area contributed by atoms with Gasteiger partial charge in [0.1, 0.15) is 5.82 Å². The number of hydrazone groups is 1. The molecule has 0 aromatic heterocycles. The van der Waals surface area contributed by atoms with Gasteiger partial charge in [0.25, 0.3) is 0 Å². The van der Waals surface area contributed by atoms with Crippen LogP contribution in [0.5, 0.6) is 0 Å². The molecule has 2 rings (SSSR count). The fourth-order valence-corrected chi connectivity index (χ4v) is 1.49. The van der Waals surface area contributed by atoms with Crippen molar-refractivity contribution in [1.29, 1.82) is 0 Å². The van der Waals surface area contributed by atoms with Crippen molar-refractivity contribution in [2.24, 2.45) is 5.10 Å². The molecule has 0 aliphatic rings. The van der Waals surface area contributed by atoms with Crippen LogP contribution < -0.4 is 5.43 Å². The van der Waals surface area contributed by atoms with E-state index >= 15 is 0 Å². The summed E-state index contributed by atoms with van der Waals surface area (Å²) in [5.74, 6) is -1.35. The summed E-state index contributed by atoms with van der Waals surface area (Å²) >= 11 is 0. The third kappa shape index (κ3) is 3.38. The fourth-order valence-electron chi connectivity index (χ4n) is 1.49. The van der Waals surface area contributed by atoms with Crippen LogP contribution in [0.15, 0.2) is 53.6 Å². The standard InChI is InChI=1S/C14H11FN2O2/c15-11-7-5-10(6-8-11)9-16-17-13-4-2-1-3-12(13)14(18)19/h1-9,17H,(H,18,19)/b16-9+. The van der Waals surface area contributed by atoms with Gasteiger partial charge in [-0.05, 0) is 29.8 Å². The van der Waals surface area contributed by atoms with Crippen molar-refractivity contribution in [1.82, 2.24) is 0 Å². The van der Waals surface area contributed by atoms with E-state index in [4.69, 9.17) is 5.11 Å². The summed E-state index contributed by atoms with van der Waals surface area (Å²) in [4.78, 5) is 11.0. The van der Waals surface area contributed by atoms with Crippen LogP contribution in [0.1, 0.15) is 15.9 Å². The number of aromatic carboxylic acids is 1. The van der Waals surface area contributed by atoms with E-state index in [2.05, 4.69) is 10.5 Å². The lowest BCUT2D eigenvalue weighted by Crippen LogP contribution is -2.02. The Kier molecular flexibility index (Phi) is 3.87. The van der Waals surface area contributed by atoms with Crippen LogP contribution in [0.3, 0.4) is 0 Å². The van der Waals surface area contributed by atoms with Gasteiger partial charge in [-0.25, -0.2) is 9.18 Å². The van der Waals surface area contributed by atoms with Gasteiger partial charge in [-0.15, -0.1) is 0 Å². The molecule has 0 fully saturated rings. The molecule has 4 nitrogen and oxygen atoms in total. The highest BCUT2D eigenvalue weighted by Gasteiger charge is 2.07. The van der Waals surface area contributed by atoms with Crippen LogP contribution in [0, 0.1) is 5.82 Å². The maximum absolute atomic E-state index is 12.7. The summed E-state index contributed by atoms with van der Waals surface area (Å²) in [7, 11) is 0. The van der Waals surface area contributed by atoms with E-state index in [-0.39, 0.29) is 11.4 Å². The monoisotopic (exact) mass is 258 g/mol. The third-order valence-electron chi connectivity index (χ3n) is 2.43. The largest absolute Gasteiger partial charge is 0.478 e. The molecule has 96 valence electrons. The minimum Gasteiger partial charge on any atom is -0.478 e. The molecule has 19 heavy (non-hydrogen) atoms. The molecule has 2 N–H and O–H groups in total. The van der Waals surface area contributed by atoms with E-state index in [0.29, 0.717) is 11.3 Å². The van der Waals surface area contributed by atoms with Crippen LogP contribution in [-0.2, 0) is 0 Å². The molecule has 2 aromatic carbocycles. The van der Waals surface area contributed by atoms with Crippen LogP contribution in [0.4, 0.5) is 10.1 Å². The van der Waals surface area contributed by atoms with Gasteiger partial charge >= 0.3 is 5.97 Å². The summed E-state index contributed by atoms with van der Waals surface area (Å²) < 4.78 is 12.7. The Hall–Kier alpha value is -2.69. The SMILES string of the molecule is O=C(O)c1ccccc1N/N=C/c1ccc(F)cc1. The number of nitrogens with one attached hydrogen (secondary N) is 1. The molecule has 0 aliphatic carbocycles. The molecule has 0 amide bonds. The van der Waals surface area contributed by atoms with Gasteiger partial charge in [0.2, 0.25) is 0 Å². The summed E-state index contributed by atoms with van der Waals surface area (Å²) in [5.41, 5.74) is 3.90. The summed E-state index contributed by atoms with van der Waals surface area (Å²) in [5, 5.41) is 12.9. The van der Waals surface area contributed by atoms with Gasteiger partial charge in [-0.1, -0.05) is 24.3 Å². The Morgan fingerprint density at radius 1 is 1.16 bits per heavy atom. The van der Waals surface area contributed by atoms with Crippen molar-refractivity contribution in [2.75, 3.05) is 5.43 Å². The molecule has 0 saturated heterocycles. The number of carboxylic acids is 1. The summed E-state index contributed by atoms with van der Waals surface area (Å²) in [6.45, 7) is 0.